The summed E-state index contributed by atoms with van der Waals surface area (Å²) < 4.78 is 5.34. The number of carbonyl (C=O) groups is 1. The van der Waals surface area contributed by atoms with Crippen LogP contribution in [0.1, 0.15) is 42.6 Å². The number of aldehydes is 1. The van der Waals surface area contributed by atoms with Crippen LogP contribution in [-0.4, -0.2) is 11.4 Å². The van der Waals surface area contributed by atoms with Gasteiger partial charge >= 0.3 is 0 Å². The molecular formula is C10H14O3. The third-order valence-electron chi connectivity index (χ3n) is 1.85. The molecule has 1 rings (SSSR count). The normalized spacial score (nSPS) is 11.7. The van der Waals surface area contributed by atoms with Crippen LogP contribution in [0.15, 0.2) is 10.5 Å². The van der Waals surface area contributed by atoms with Gasteiger partial charge in [0.15, 0.2) is 6.29 Å². The van der Waals surface area contributed by atoms with Crippen molar-refractivity contribution < 1.29 is 14.3 Å². The molecule has 0 aliphatic carbocycles. The first-order valence-electron chi connectivity index (χ1n) is 4.18. The lowest BCUT2D eigenvalue weighted by Gasteiger charge is -2.13. The van der Waals surface area contributed by atoms with Gasteiger partial charge in [-0.2, -0.15) is 0 Å². The zero-order valence-corrected chi connectivity index (χ0v) is 8.13. The molecule has 3 heteroatoms. The van der Waals surface area contributed by atoms with Gasteiger partial charge in [0, 0.05) is 5.41 Å². The summed E-state index contributed by atoms with van der Waals surface area (Å²) in [6.45, 7) is 5.73. The molecule has 0 aromatic carbocycles. The van der Waals surface area contributed by atoms with Gasteiger partial charge in [-0.1, -0.05) is 20.8 Å². The van der Waals surface area contributed by atoms with E-state index in [2.05, 4.69) is 0 Å². The molecule has 0 amide bonds. The van der Waals surface area contributed by atoms with Crippen molar-refractivity contribution in [3.05, 3.63) is 23.2 Å². The maximum Gasteiger partial charge on any atom is 0.153 e. The summed E-state index contributed by atoms with van der Waals surface area (Å²) in [6.07, 6.45) is 0.699. The van der Waals surface area contributed by atoms with Gasteiger partial charge in [-0.25, -0.2) is 0 Å². The largest absolute Gasteiger partial charge is 0.462 e. The molecule has 0 saturated carbocycles. The summed E-state index contributed by atoms with van der Waals surface area (Å²) >= 11 is 0. The molecule has 0 spiro atoms. The number of rotatable bonds is 2. The Bertz CT molecular complexity index is 304. The molecule has 0 radical (unpaired) electrons. The lowest BCUT2D eigenvalue weighted by atomic mass is 9.93. The van der Waals surface area contributed by atoms with Crippen molar-refractivity contribution in [1.29, 1.82) is 0 Å². The zero-order valence-electron chi connectivity index (χ0n) is 8.13. The molecule has 1 N–H and O–H groups in total. The maximum absolute atomic E-state index is 10.6. The highest BCUT2D eigenvalue weighted by Gasteiger charge is 2.20. The van der Waals surface area contributed by atoms with Crippen molar-refractivity contribution in [3.8, 4) is 0 Å². The Hall–Kier alpha value is -1.09. The van der Waals surface area contributed by atoms with Crippen LogP contribution in [0.2, 0.25) is 0 Å². The first-order chi connectivity index (χ1) is 5.99. The summed E-state index contributed by atoms with van der Waals surface area (Å²) in [5.41, 5.74) is 0.304. The first-order valence-corrected chi connectivity index (χ1v) is 4.18. The molecule has 0 unspecified atom stereocenters. The standard InChI is InChI=1S/C10H14O3/c1-10(2,3)9-4-7(5-11)8(6-12)13-9/h4-5,12H,6H2,1-3H3. The second kappa shape index (κ2) is 3.34. The van der Waals surface area contributed by atoms with E-state index in [-0.39, 0.29) is 12.0 Å². The van der Waals surface area contributed by atoms with Crippen molar-refractivity contribution in [1.82, 2.24) is 0 Å². The molecule has 1 aromatic rings. The van der Waals surface area contributed by atoms with Gasteiger partial charge in [0.2, 0.25) is 0 Å². The second-order valence-corrected chi connectivity index (χ2v) is 4.02. The highest BCUT2D eigenvalue weighted by atomic mass is 16.4. The molecule has 0 saturated heterocycles. The molecule has 13 heavy (non-hydrogen) atoms. The van der Waals surface area contributed by atoms with E-state index in [4.69, 9.17) is 9.52 Å². The van der Waals surface area contributed by atoms with E-state index in [0.717, 1.165) is 5.76 Å². The molecule has 0 atom stereocenters. The van der Waals surface area contributed by atoms with Gasteiger partial charge in [-0.15, -0.1) is 0 Å². The molecule has 0 aliphatic rings. The van der Waals surface area contributed by atoms with Crippen LogP contribution in [0.5, 0.6) is 0 Å². The molecule has 1 heterocycles. The molecule has 0 fully saturated rings. The van der Waals surface area contributed by atoms with Gasteiger partial charge < -0.3 is 9.52 Å². The average Bonchev–Trinajstić information content (AvgIpc) is 2.45. The molecular weight excluding hydrogens is 168 g/mol. The van der Waals surface area contributed by atoms with Crippen molar-refractivity contribution in [2.45, 2.75) is 32.8 Å². The Balaban J connectivity index is 3.14. The van der Waals surface area contributed by atoms with Crippen LogP contribution in [0.3, 0.4) is 0 Å². The lowest BCUT2D eigenvalue weighted by molar-refractivity contribution is 0.111. The van der Waals surface area contributed by atoms with E-state index in [1.54, 1.807) is 6.07 Å². The van der Waals surface area contributed by atoms with Gasteiger partial charge in [0.25, 0.3) is 0 Å². The van der Waals surface area contributed by atoms with Gasteiger partial charge in [-0.05, 0) is 6.07 Å². The van der Waals surface area contributed by atoms with E-state index >= 15 is 0 Å². The van der Waals surface area contributed by atoms with Crippen LogP contribution in [0, 0.1) is 0 Å². The minimum Gasteiger partial charge on any atom is -0.462 e. The van der Waals surface area contributed by atoms with Crippen LogP contribution < -0.4 is 0 Å². The third kappa shape index (κ3) is 1.98. The molecule has 3 nitrogen and oxygen atoms in total. The van der Waals surface area contributed by atoms with Crippen molar-refractivity contribution >= 4 is 6.29 Å². The first kappa shape index (κ1) is 9.99. The van der Waals surface area contributed by atoms with Crippen molar-refractivity contribution in [2.75, 3.05) is 0 Å². The van der Waals surface area contributed by atoms with Crippen LogP contribution >= 0.6 is 0 Å². The number of hydrogen-bond acceptors (Lipinski definition) is 3. The second-order valence-electron chi connectivity index (χ2n) is 4.02. The molecule has 72 valence electrons. The minimum absolute atomic E-state index is 0.134. The average molecular weight is 182 g/mol. The van der Waals surface area contributed by atoms with Gasteiger partial charge in [-0.3, -0.25) is 4.79 Å². The highest BCUT2D eigenvalue weighted by molar-refractivity contribution is 5.76. The van der Waals surface area contributed by atoms with E-state index < -0.39 is 0 Å². The summed E-state index contributed by atoms with van der Waals surface area (Å²) in [6, 6.07) is 1.68. The van der Waals surface area contributed by atoms with Crippen molar-refractivity contribution in [2.24, 2.45) is 0 Å². The van der Waals surface area contributed by atoms with E-state index in [1.165, 1.54) is 0 Å². The smallest absolute Gasteiger partial charge is 0.153 e. The minimum atomic E-state index is -0.232. The lowest BCUT2D eigenvalue weighted by Crippen LogP contribution is -2.09. The van der Waals surface area contributed by atoms with Crippen LogP contribution in [0.4, 0.5) is 0 Å². The van der Waals surface area contributed by atoms with Gasteiger partial charge in [0.05, 0.1) is 5.56 Å². The monoisotopic (exact) mass is 182 g/mol. The highest BCUT2D eigenvalue weighted by Crippen LogP contribution is 2.26. The Kier molecular flexibility index (Phi) is 2.57. The fourth-order valence-corrected chi connectivity index (χ4v) is 1.04. The van der Waals surface area contributed by atoms with Crippen LogP contribution in [0.25, 0.3) is 0 Å². The Morgan fingerprint density at radius 3 is 2.46 bits per heavy atom. The third-order valence-corrected chi connectivity index (χ3v) is 1.85. The number of aliphatic hydroxyl groups excluding tert-OH is 1. The fraction of sp³-hybridized carbons (Fsp3) is 0.500. The maximum atomic E-state index is 10.6. The Labute approximate surface area is 77.4 Å². The summed E-state index contributed by atoms with van der Waals surface area (Å²) in [7, 11) is 0. The van der Waals surface area contributed by atoms with E-state index in [0.29, 0.717) is 17.6 Å². The SMILES string of the molecule is CC(C)(C)c1cc(C=O)c(CO)o1. The molecule has 0 aliphatic heterocycles. The topological polar surface area (TPSA) is 50.4 Å². The molecule has 1 aromatic heterocycles. The Morgan fingerprint density at radius 2 is 2.15 bits per heavy atom. The number of furan rings is 1. The Morgan fingerprint density at radius 1 is 1.54 bits per heavy atom. The summed E-state index contributed by atoms with van der Waals surface area (Å²) in [4.78, 5) is 10.6. The van der Waals surface area contributed by atoms with Crippen LogP contribution in [-0.2, 0) is 12.0 Å². The summed E-state index contributed by atoms with van der Waals surface area (Å²) in [5.74, 6) is 1.07. The predicted molar refractivity (Wildman–Crippen MR) is 48.7 cm³/mol. The van der Waals surface area contributed by atoms with Crippen molar-refractivity contribution in [3.63, 3.8) is 0 Å². The van der Waals surface area contributed by atoms with Gasteiger partial charge in [0.1, 0.15) is 18.1 Å². The zero-order chi connectivity index (χ0) is 10.1. The fourth-order valence-electron chi connectivity index (χ4n) is 1.04. The predicted octanol–water partition coefficient (Wildman–Crippen LogP) is 1.88. The van der Waals surface area contributed by atoms with E-state index in [1.807, 2.05) is 20.8 Å². The molecule has 0 bridgehead atoms. The number of carbonyl (C=O) groups excluding carboxylic acids is 1. The van der Waals surface area contributed by atoms with E-state index in [9.17, 15) is 4.79 Å². The summed E-state index contributed by atoms with van der Waals surface area (Å²) in [5, 5.41) is 8.88. The number of aliphatic hydroxyl groups is 1. The quantitative estimate of drug-likeness (QED) is 0.710. The number of hydrogen-bond donors (Lipinski definition) is 1.